The van der Waals surface area contributed by atoms with E-state index < -0.39 is 17.6 Å². The summed E-state index contributed by atoms with van der Waals surface area (Å²) in [7, 11) is 1.22. The minimum Gasteiger partial charge on any atom is -0.463 e. The first-order chi connectivity index (χ1) is 8.11. The van der Waals surface area contributed by atoms with Crippen molar-refractivity contribution in [3.8, 4) is 11.3 Å². The summed E-state index contributed by atoms with van der Waals surface area (Å²) in [6.07, 6.45) is 1.35. The highest BCUT2D eigenvalue weighted by molar-refractivity contribution is 5.86. The third-order valence-electron chi connectivity index (χ3n) is 2.19. The van der Waals surface area contributed by atoms with Crippen LogP contribution in [0.2, 0.25) is 0 Å². The van der Waals surface area contributed by atoms with Crippen LogP contribution in [0.5, 0.6) is 0 Å². The van der Waals surface area contributed by atoms with E-state index in [1.54, 1.807) is 0 Å². The van der Waals surface area contributed by atoms with Crippen molar-refractivity contribution >= 4 is 5.97 Å². The summed E-state index contributed by atoms with van der Waals surface area (Å²) >= 11 is 0. The summed E-state index contributed by atoms with van der Waals surface area (Å²) in [5.74, 6) is -2.51. The molecule has 0 aliphatic rings. The molecule has 0 aliphatic heterocycles. The predicted molar refractivity (Wildman–Crippen MR) is 55.3 cm³/mol. The largest absolute Gasteiger partial charge is 0.463 e. The van der Waals surface area contributed by atoms with Crippen LogP contribution in [-0.2, 0) is 4.74 Å². The zero-order chi connectivity index (χ0) is 12.4. The van der Waals surface area contributed by atoms with Gasteiger partial charge >= 0.3 is 5.97 Å². The number of carbonyl (C=O) groups excluding carboxylic acids is 1. The number of halogens is 2. The maximum Gasteiger partial charge on any atom is 0.374 e. The van der Waals surface area contributed by atoms with E-state index in [0.29, 0.717) is 11.3 Å². The first kappa shape index (κ1) is 11.3. The molecular weight excluding hydrogens is 230 g/mol. The average molecular weight is 238 g/mol. The molecule has 0 saturated heterocycles. The van der Waals surface area contributed by atoms with Crippen LogP contribution in [0, 0.1) is 11.6 Å². The number of aromatic nitrogens is 2. The van der Waals surface area contributed by atoms with Crippen molar-refractivity contribution in [1.29, 1.82) is 0 Å². The van der Waals surface area contributed by atoms with Crippen LogP contribution in [-0.4, -0.2) is 23.0 Å². The molecule has 4 nitrogen and oxygen atoms in total. The quantitative estimate of drug-likeness (QED) is 0.815. The zero-order valence-corrected chi connectivity index (χ0v) is 8.83. The Labute approximate surface area is 95.3 Å². The van der Waals surface area contributed by atoms with Gasteiger partial charge in [-0.3, -0.25) is 0 Å². The summed E-state index contributed by atoms with van der Waals surface area (Å²) in [6, 6.07) is 3.40. The maximum atomic E-state index is 13.0. The number of carbonyl (C=O) groups is 1. The molecule has 0 bridgehead atoms. The second kappa shape index (κ2) is 4.32. The Bertz CT molecular complexity index is 566. The number of rotatable bonds is 2. The van der Waals surface area contributed by atoms with E-state index in [1.165, 1.54) is 19.4 Å². The fourth-order valence-corrected chi connectivity index (χ4v) is 1.33. The lowest BCUT2D eigenvalue weighted by Gasteiger charge is -1.98. The fourth-order valence-electron chi connectivity index (χ4n) is 1.33. The molecule has 0 spiro atoms. The van der Waals surface area contributed by atoms with Crippen LogP contribution >= 0.6 is 0 Å². The van der Waals surface area contributed by atoms with Crippen molar-refractivity contribution in [2.24, 2.45) is 0 Å². The molecule has 0 saturated carbocycles. The number of hydrogen-bond donors (Lipinski definition) is 1. The first-order valence-corrected chi connectivity index (χ1v) is 4.70. The van der Waals surface area contributed by atoms with E-state index in [4.69, 9.17) is 0 Å². The minimum atomic E-state index is -0.961. The molecule has 2 aromatic rings. The number of aromatic amines is 1. The van der Waals surface area contributed by atoms with Gasteiger partial charge in [0.1, 0.15) is 0 Å². The van der Waals surface area contributed by atoms with Crippen LogP contribution < -0.4 is 0 Å². The fraction of sp³-hybridized carbons (Fsp3) is 0.0909. The van der Waals surface area contributed by atoms with Gasteiger partial charge in [0.15, 0.2) is 11.6 Å². The molecule has 0 amide bonds. The highest BCUT2D eigenvalue weighted by atomic mass is 19.2. The molecule has 0 atom stereocenters. The number of imidazole rings is 1. The van der Waals surface area contributed by atoms with Gasteiger partial charge in [-0.25, -0.2) is 18.6 Å². The Balaban J connectivity index is 2.37. The molecule has 1 heterocycles. The Morgan fingerprint density at radius 3 is 2.76 bits per heavy atom. The Hall–Kier alpha value is -2.24. The SMILES string of the molecule is COC(=O)c1ncc(-c2ccc(F)c(F)c2)[nH]1. The summed E-state index contributed by atoms with van der Waals surface area (Å²) in [5, 5.41) is 0. The van der Waals surface area contributed by atoms with E-state index in [1.807, 2.05) is 0 Å². The van der Waals surface area contributed by atoms with E-state index >= 15 is 0 Å². The molecule has 1 aromatic carbocycles. The lowest BCUT2D eigenvalue weighted by Crippen LogP contribution is -2.03. The summed E-state index contributed by atoms with van der Waals surface area (Å²) in [6.45, 7) is 0. The lowest BCUT2D eigenvalue weighted by molar-refractivity contribution is 0.0588. The van der Waals surface area contributed by atoms with Crippen LogP contribution in [0.15, 0.2) is 24.4 Å². The van der Waals surface area contributed by atoms with Gasteiger partial charge < -0.3 is 9.72 Å². The molecule has 0 unspecified atom stereocenters. The molecule has 17 heavy (non-hydrogen) atoms. The molecule has 6 heteroatoms. The number of nitrogens with one attached hydrogen (secondary N) is 1. The summed E-state index contributed by atoms with van der Waals surface area (Å²) in [5.41, 5.74) is 0.802. The molecular formula is C11H8F2N2O2. The smallest absolute Gasteiger partial charge is 0.374 e. The number of hydrogen-bond acceptors (Lipinski definition) is 3. The normalized spacial score (nSPS) is 10.3. The first-order valence-electron chi connectivity index (χ1n) is 4.70. The van der Waals surface area contributed by atoms with Gasteiger partial charge in [-0.1, -0.05) is 0 Å². The second-order valence-corrected chi connectivity index (χ2v) is 3.27. The van der Waals surface area contributed by atoms with Crippen molar-refractivity contribution in [2.75, 3.05) is 7.11 Å². The summed E-state index contributed by atoms with van der Waals surface area (Å²) < 4.78 is 30.2. The number of esters is 1. The van der Waals surface area contributed by atoms with Crippen LogP contribution in [0.1, 0.15) is 10.6 Å². The van der Waals surface area contributed by atoms with Crippen molar-refractivity contribution in [3.05, 3.63) is 41.9 Å². The average Bonchev–Trinajstić information content (AvgIpc) is 2.81. The van der Waals surface area contributed by atoms with Gasteiger partial charge in [0.05, 0.1) is 19.0 Å². The molecule has 0 aliphatic carbocycles. The molecule has 1 aromatic heterocycles. The monoisotopic (exact) mass is 238 g/mol. The molecule has 0 radical (unpaired) electrons. The molecule has 0 fully saturated rings. The number of ether oxygens (including phenoxy) is 1. The van der Waals surface area contributed by atoms with Crippen molar-refractivity contribution in [1.82, 2.24) is 9.97 Å². The van der Waals surface area contributed by atoms with Crippen LogP contribution in [0.3, 0.4) is 0 Å². The third-order valence-corrected chi connectivity index (χ3v) is 2.19. The third kappa shape index (κ3) is 2.15. The Morgan fingerprint density at radius 1 is 1.35 bits per heavy atom. The van der Waals surface area contributed by atoms with Crippen molar-refractivity contribution in [3.63, 3.8) is 0 Å². The van der Waals surface area contributed by atoms with E-state index in [-0.39, 0.29) is 5.82 Å². The lowest BCUT2D eigenvalue weighted by atomic mass is 10.1. The van der Waals surface area contributed by atoms with Gasteiger partial charge in [0.2, 0.25) is 5.82 Å². The van der Waals surface area contributed by atoms with Crippen LogP contribution in [0.25, 0.3) is 11.3 Å². The highest BCUT2D eigenvalue weighted by Crippen LogP contribution is 2.19. The molecule has 1 N–H and O–H groups in total. The topological polar surface area (TPSA) is 55.0 Å². The van der Waals surface area contributed by atoms with Crippen LogP contribution in [0.4, 0.5) is 8.78 Å². The molecule has 88 valence electrons. The maximum absolute atomic E-state index is 13.0. The van der Waals surface area contributed by atoms with Crippen molar-refractivity contribution < 1.29 is 18.3 Å². The standard InChI is InChI=1S/C11H8F2N2O2/c1-17-11(16)10-14-5-9(15-10)6-2-3-7(12)8(13)4-6/h2-5H,1H3,(H,14,15). The van der Waals surface area contributed by atoms with Gasteiger partial charge in [-0.2, -0.15) is 0 Å². The number of nitrogens with zero attached hydrogens (tertiary/aromatic N) is 1. The number of methoxy groups -OCH3 is 1. The van der Waals surface area contributed by atoms with Gasteiger partial charge in [0, 0.05) is 5.56 Å². The number of H-pyrrole nitrogens is 1. The van der Waals surface area contributed by atoms with Crippen molar-refractivity contribution in [2.45, 2.75) is 0 Å². The Kier molecular flexibility index (Phi) is 2.86. The van der Waals surface area contributed by atoms with E-state index in [0.717, 1.165) is 12.1 Å². The van der Waals surface area contributed by atoms with Gasteiger partial charge in [-0.15, -0.1) is 0 Å². The van der Waals surface area contributed by atoms with Gasteiger partial charge in [-0.05, 0) is 18.2 Å². The predicted octanol–water partition coefficient (Wildman–Crippen LogP) is 2.14. The molecule has 2 rings (SSSR count). The minimum absolute atomic E-state index is 0.00670. The van der Waals surface area contributed by atoms with E-state index in [9.17, 15) is 13.6 Å². The number of benzene rings is 1. The summed E-state index contributed by atoms with van der Waals surface area (Å²) in [4.78, 5) is 17.6. The Morgan fingerprint density at radius 2 is 2.12 bits per heavy atom. The van der Waals surface area contributed by atoms with Gasteiger partial charge in [0.25, 0.3) is 0 Å². The second-order valence-electron chi connectivity index (χ2n) is 3.27. The highest BCUT2D eigenvalue weighted by Gasteiger charge is 2.12. The van der Waals surface area contributed by atoms with E-state index in [2.05, 4.69) is 14.7 Å². The zero-order valence-electron chi connectivity index (χ0n) is 8.83.